The second-order valence-electron chi connectivity index (χ2n) is 5.22. The van der Waals surface area contributed by atoms with Crippen LogP contribution >= 0.6 is 0 Å². The van der Waals surface area contributed by atoms with Crippen LogP contribution in [0.2, 0.25) is 0 Å². The standard InChI is InChI=1S/C17H16N4O4/c1-3-10-8-13(22)24-16-14(10)15(23)19-17(20-16)25-21-12(4-2)11-6-5-7-18-9-11/h5-9H,3-4H2,1-2H3,(H,19,20,23)/b21-12-. The van der Waals surface area contributed by atoms with Gasteiger partial charge in [0.05, 0.1) is 5.71 Å². The second kappa shape index (κ2) is 7.08. The molecule has 3 heterocycles. The van der Waals surface area contributed by atoms with Gasteiger partial charge in [0, 0.05) is 24.0 Å². The van der Waals surface area contributed by atoms with E-state index in [2.05, 4.69) is 20.1 Å². The van der Waals surface area contributed by atoms with Crippen LogP contribution in [0.5, 0.6) is 6.01 Å². The molecule has 8 nitrogen and oxygen atoms in total. The van der Waals surface area contributed by atoms with Gasteiger partial charge >= 0.3 is 11.6 Å². The Kier molecular flexibility index (Phi) is 4.69. The summed E-state index contributed by atoms with van der Waals surface area (Å²) in [5, 5.41) is 4.26. The Morgan fingerprint density at radius 3 is 2.88 bits per heavy atom. The fourth-order valence-corrected chi connectivity index (χ4v) is 2.40. The maximum Gasteiger partial charge on any atom is 0.337 e. The molecule has 0 bridgehead atoms. The van der Waals surface area contributed by atoms with Crippen molar-refractivity contribution >= 4 is 16.8 Å². The average molecular weight is 340 g/mol. The lowest BCUT2D eigenvalue weighted by Crippen LogP contribution is -2.14. The Morgan fingerprint density at radius 2 is 2.20 bits per heavy atom. The van der Waals surface area contributed by atoms with Crippen molar-refractivity contribution in [3.8, 4) is 6.01 Å². The summed E-state index contributed by atoms with van der Waals surface area (Å²) in [6, 6.07) is 4.78. The molecule has 0 amide bonds. The van der Waals surface area contributed by atoms with E-state index >= 15 is 0 Å². The molecule has 0 aromatic carbocycles. The maximum absolute atomic E-state index is 12.3. The zero-order valence-electron chi connectivity index (χ0n) is 13.8. The Bertz CT molecular complexity index is 1040. The molecule has 0 saturated heterocycles. The van der Waals surface area contributed by atoms with Crippen LogP contribution in [-0.4, -0.2) is 20.7 Å². The number of aromatic nitrogens is 3. The molecule has 0 radical (unpaired) electrons. The van der Waals surface area contributed by atoms with Gasteiger partial charge in [0.25, 0.3) is 5.56 Å². The third kappa shape index (κ3) is 3.47. The van der Waals surface area contributed by atoms with E-state index < -0.39 is 11.2 Å². The van der Waals surface area contributed by atoms with Crippen molar-refractivity contribution in [2.24, 2.45) is 5.16 Å². The summed E-state index contributed by atoms with van der Waals surface area (Å²) in [6.07, 6.45) is 4.42. The van der Waals surface area contributed by atoms with Gasteiger partial charge in [0.1, 0.15) is 5.39 Å². The summed E-state index contributed by atoms with van der Waals surface area (Å²) in [4.78, 5) is 39.7. The van der Waals surface area contributed by atoms with E-state index in [1.54, 1.807) is 18.5 Å². The number of oxime groups is 1. The first-order chi connectivity index (χ1) is 12.1. The molecule has 0 unspecified atom stereocenters. The number of hydrogen-bond donors (Lipinski definition) is 1. The van der Waals surface area contributed by atoms with Crippen molar-refractivity contribution in [2.75, 3.05) is 0 Å². The van der Waals surface area contributed by atoms with Crippen molar-refractivity contribution in [3.05, 3.63) is 62.5 Å². The van der Waals surface area contributed by atoms with Gasteiger partial charge in [-0.15, -0.1) is 0 Å². The third-order valence-electron chi connectivity index (χ3n) is 3.63. The first kappa shape index (κ1) is 16.6. The number of aryl methyl sites for hydroxylation is 1. The van der Waals surface area contributed by atoms with E-state index in [1.807, 2.05) is 19.9 Å². The number of aromatic amines is 1. The largest absolute Gasteiger partial charge is 0.403 e. The summed E-state index contributed by atoms with van der Waals surface area (Å²) >= 11 is 0. The van der Waals surface area contributed by atoms with E-state index in [9.17, 15) is 9.59 Å². The molecule has 0 aliphatic rings. The normalized spacial score (nSPS) is 11.7. The third-order valence-corrected chi connectivity index (χ3v) is 3.63. The van der Waals surface area contributed by atoms with Crippen LogP contribution in [-0.2, 0) is 6.42 Å². The van der Waals surface area contributed by atoms with Crippen LogP contribution in [0.25, 0.3) is 11.1 Å². The minimum Gasteiger partial charge on any atom is -0.403 e. The Labute approximate surface area is 142 Å². The number of hydrogen-bond acceptors (Lipinski definition) is 7. The molecule has 0 aliphatic carbocycles. The fourth-order valence-electron chi connectivity index (χ4n) is 2.40. The molecule has 1 N–H and O–H groups in total. The van der Waals surface area contributed by atoms with Crippen LogP contribution in [0.15, 0.2) is 49.8 Å². The summed E-state index contributed by atoms with van der Waals surface area (Å²) in [6.45, 7) is 3.75. The lowest BCUT2D eigenvalue weighted by Gasteiger charge is -2.05. The van der Waals surface area contributed by atoms with Gasteiger partial charge < -0.3 is 9.25 Å². The average Bonchev–Trinajstić information content (AvgIpc) is 2.62. The molecule has 0 fully saturated rings. The Balaban J connectivity index is 2.01. The van der Waals surface area contributed by atoms with Gasteiger partial charge in [-0.05, 0) is 30.5 Å². The molecule has 0 spiro atoms. The highest BCUT2D eigenvalue weighted by Crippen LogP contribution is 2.14. The topological polar surface area (TPSA) is 110 Å². The van der Waals surface area contributed by atoms with Crippen LogP contribution in [0, 0.1) is 0 Å². The van der Waals surface area contributed by atoms with Crippen LogP contribution in [0.4, 0.5) is 0 Å². The van der Waals surface area contributed by atoms with Crippen molar-refractivity contribution in [1.82, 2.24) is 15.0 Å². The molecule has 0 saturated carbocycles. The number of pyridine rings is 1. The number of fused-ring (bicyclic) bond motifs is 1. The number of rotatable bonds is 5. The smallest absolute Gasteiger partial charge is 0.337 e. The molecule has 0 aliphatic heterocycles. The minimum atomic E-state index is -0.568. The zero-order chi connectivity index (χ0) is 17.8. The SMILES string of the molecule is CC/C(=N/Oc1nc2oc(=O)cc(CC)c2c(=O)[nH]1)c1cccnc1. The van der Waals surface area contributed by atoms with E-state index in [-0.39, 0.29) is 17.1 Å². The summed E-state index contributed by atoms with van der Waals surface area (Å²) in [7, 11) is 0. The number of H-pyrrole nitrogens is 1. The van der Waals surface area contributed by atoms with E-state index in [0.717, 1.165) is 5.56 Å². The summed E-state index contributed by atoms with van der Waals surface area (Å²) < 4.78 is 5.02. The molecule has 3 rings (SSSR count). The van der Waals surface area contributed by atoms with Gasteiger partial charge in [-0.1, -0.05) is 19.0 Å². The number of nitrogens with one attached hydrogen (secondary N) is 1. The molecule has 25 heavy (non-hydrogen) atoms. The van der Waals surface area contributed by atoms with Crippen LogP contribution in [0.3, 0.4) is 0 Å². The monoisotopic (exact) mass is 340 g/mol. The van der Waals surface area contributed by atoms with Crippen molar-refractivity contribution in [2.45, 2.75) is 26.7 Å². The summed E-state index contributed by atoms with van der Waals surface area (Å²) in [5.74, 6) is 0. The molecule has 3 aromatic heterocycles. The lowest BCUT2D eigenvalue weighted by molar-refractivity contribution is 0.310. The Morgan fingerprint density at radius 1 is 1.36 bits per heavy atom. The van der Waals surface area contributed by atoms with E-state index in [1.165, 1.54) is 6.07 Å². The summed E-state index contributed by atoms with van der Waals surface area (Å²) in [5.41, 5.74) is 0.918. The molecule has 8 heteroatoms. The predicted molar refractivity (Wildman–Crippen MR) is 92.0 cm³/mol. The van der Waals surface area contributed by atoms with Gasteiger partial charge in [-0.3, -0.25) is 14.8 Å². The van der Waals surface area contributed by atoms with E-state index in [4.69, 9.17) is 9.25 Å². The van der Waals surface area contributed by atoms with Gasteiger partial charge in [-0.25, -0.2) is 4.79 Å². The predicted octanol–water partition coefficient (Wildman–Crippen LogP) is 2.03. The fraction of sp³-hybridized carbons (Fsp3) is 0.235. The van der Waals surface area contributed by atoms with Crippen LogP contribution in [0.1, 0.15) is 31.4 Å². The maximum atomic E-state index is 12.3. The highest BCUT2D eigenvalue weighted by molar-refractivity contribution is 5.99. The highest BCUT2D eigenvalue weighted by atomic mass is 16.6. The number of nitrogens with zero attached hydrogens (tertiary/aromatic N) is 3. The van der Waals surface area contributed by atoms with Crippen molar-refractivity contribution < 1.29 is 9.25 Å². The molecular weight excluding hydrogens is 324 g/mol. The second-order valence-corrected chi connectivity index (χ2v) is 5.22. The molecular formula is C17H16N4O4. The van der Waals surface area contributed by atoms with Gasteiger partial charge in [0.15, 0.2) is 0 Å². The molecule has 128 valence electrons. The van der Waals surface area contributed by atoms with Gasteiger partial charge in [-0.2, -0.15) is 4.98 Å². The zero-order valence-corrected chi connectivity index (χ0v) is 13.8. The quantitative estimate of drug-likeness (QED) is 0.562. The lowest BCUT2D eigenvalue weighted by atomic mass is 10.1. The van der Waals surface area contributed by atoms with Crippen molar-refractivity contribution in [3.63, 3.8) is 0 Å². The van der Waals surface area contributed by atoms with Crippen LogP contribution < -0.4 is 16.0 Å². The first-order valence-electron chi connectivity index (χ1n) is 7.83. The van der Waals surface area contributed by atoms with Crippen molar-refractivity contribution in [1.29, 1.82) is 0 Å². The van der Waals surface area contributed by atoms with E-state index in [0.29, 0.717) is 24.1 Å². The highest BCUT2D eigenvalue weighted by Gasteiger charge is 2.12. The molecule has 3 aromatic rings. The Hall–Kier alpha value is -3.29. The first-order valence-corrected chi connectivity index (χ1v) is 7.83. The molecule has 0 atom stereocenters. The van der Waals surface area contributed by atoms with Gasteiger partial charge in [0.2, 0.25) is 5.71 Å². The minimum absolute atomic E-state index is 0.0715.